The van der Waals surface area contributed by atoms with Crippen molar-refractivity contribution in [3.8, 4) is 0 Å². The van der Waals surface area contributed by atoms with Gasteiger partial charge in [-0.2, -0.15) is 11.3 Å². The second-order valence-corrected chi connectivity index (χ2v) is 6.79. The van der Waals surface area contributed by atoms with Crippen molar-refractivity contribution in [3.05, 3.63) is 52.2 Å². The molecule has 0 spiro atoms. The summed E-state index contributed by atoms with van der Waals surface area (Å²) < 4.78 is 31.9. The van der Waals surface area contributed by atoms with Gasteiger partial charge in [0.15, 0.2) is 0 Å². The van der Waals surface area contributed by atoms with Crippen LogP contribution < -0.4 is 10.6 Å². The first-order valence-corrected chi connectivity index (χ1v) is 9.37. The van der Waals surface area contributed by atoms with Crippen LogP contribution in [0, 0.1) is 11.6 Å². The van der Waals surface area contributed by atoms with Crippen LogP contribution in [-0.2, 0) is 14.3 Å². The summed E-state index contributed by atoms with van der Waals surface area (Å²) in [4.78, 5) is 26.3. The highest BCUT2D eigenvalue weighted by molar-refractivity contribution is 7.08. The van der Waals surface area contributed by atoms with Gasteiger partial charge in [0, 0.05) is 25.7 Å². The van der Waals surface area contributed by atoms with E-state index in [2.05, 4.69) is 15.5 Å². The lowest BCUT2D eigenvalue weighted by atomic mass is 10.1. The lowest BCUT2D eigenvalue weighted by Crippen LogP contribution is -2.45. The topological polar surface area (TPSA) is 70.7 Å². The molecule has 1 aromatic heterocycles. The predicted molar refractivity (Wildman–Crippen MR) is 97.4 cm³/mol. The maximum Gasteiger partial charge on any atom is 0.313 e. The molecule has 144 valence electrons. The molecule has 2 aromatic rings. The van der Waals surface area contributed by atoms with Gasteiger partial charge in [0.05, 0.1) is 24.9 Å². The van der Waals surface area contributed by atoms with Gasteiger partial charge < -0.3 is 15.4 Å². The second kappa shape index (κ2) is 9.03. The van der Waals surface area contributed by atoms with Crippen molar-refractivity contribution < 1.29 is 23.1 Å². The number of halogens is 2. The quantitative estimate of drug-likeness (QED) is 0.762. The van der Waals surface area contributed by atoms with Crippen molar-refractivity contribution in [2.45, 2.75) is 6.04 Å². The zero-order valence-corrected chi connectivity index (χ0v) is 15.2. The van der Waals surface area contributed by atoms with Crippen LogP contribution in [0.2, 0.25) is 0 Å². The summed E-state index contributed by atoms with van der Waals surface area (Å²) >= 11 is 1.55. The Morgan fingerprint density at radius 1 is 1.19 bits per heavy atom. The molecule has 0 aliphatic carbocycles. The molecule has 1 unspecified atom stereocenters. The van der Waals surface area contributed by atoms with E-state index in [1.807, 2.05) is 16.8 Å². The van der Waals surface area contributed by atoms with Gasteiger partial charge in [0.25, 0.3) is 0 Å². The Kier molecular flexibility index (Phi) is 6.49. The van der Waals surface area contributed by atoms with Crippen molar-refractivity contribution in [1.29, 1.82) is 0 Å². The molecule has 27 heavy (non-hydrogen) atoms. The summed E-state index contributed by atoms with van der Waals surface area (Å²) in [7, 11) is 0. The Morgan fingerprint density at radius 3 is 2.63 bits per heavy atom. The lowest BCUT2D eigenvalue weighted by molar-refractivity contribution is -0.136. The van der Waals surface area contributed by atoms with E-state index in [0.717, 1.165) is 30.8 Å². The van der Waals surface area contributed by atoms with Crippen LogP contribution in [0.15, 0.2) is 35.0 Å². The largest absolute Gasteiger partial charge is 0.379 e. The normalized spacial score (nSPS) is 15.9. The molecule has 1 atom stereocenters. The number of amides is 2. The molecule has 9 heteroatoms. The summed E-state index contributed by atoms with van der Waals surface area (Å²) in [5.74, 6) is -3.60. The average Bonchev–Trinajstić information content (AvgIpc) is 3.19. The van der Waals surface area contributed by atoms with E-state index >= 15 is 0 Å². The number of rotatable bonds is 5. The number of nitrogens with zero attached hydrogens (tertiary/aromatic N) is 1. The van der Waals surface area contributed by atoms with E-state index < -0.39 is 23.4 Å². The van der Waals surface area contributed by atoms with Crippen LogP contribution in [0.5, 0.6) is 0 Å². The number of carbonyl (C=O) groups is 2. The number of benzene rings is 1. The molecule has 0 bridgehead atoms. The molecule has 1 saturated heterocycles. The van der Waals surface area contributed by atoms with Crippen molar-refractivity contribution in [2.75, 3.05) is 38.2 Å². The third-order valence-corrected chi connectivity index (χ3v) is 4.96. The summed E-state index contributed by atoms with van der Waals surface area (Å²) in [5, 5.41) is 8.70. The molecule has 6 nitrogen and oxygen atoms in total. The van der Waals surface area contributed by atoms with Crippen LogP contribution in [0.25, 0.3) is 0 Å². The number of anilines is 1. The summed E-state index contributed by atoms with van der Waals surface area (Å²) in [6.45, 7) is 2.90. The lowest BCUT2D eigenvalue weighted by Gasteiger charge is -2.34. The van der Waals surface area contributed by atoms with Crippen LogP contribution in [0.1, 0.15) is 11.6 Å². The molecule has 1 aliphatic rings. The van der Waals surface area contributed by atoms with E-state index in [-0.39, 0.29) is 18.3 Å². The van der Waals surface area contributed by atoms with E-state index in [1.165, 1.54) is 0 Å². The van der Waals surface area contributed by atoms with Gasteiger partial charge in [0.2, 0.25) is 0 Å². The first-order chi connectivity index (χ1) is 13.0. The predicted octanol–water partition coefficient (Wildman–Crippen LogP) is 2.15. The van der Waals surface area contributed by atoms with E-state index in [0.29, 0.717) is 19.3 Å². The third kappa shape index (κ3) is 5.09. The standard InChI is InChI=1S/C18H19F2N3O3S/c19-13-1-2-15(14(20)9-13)22-18(25)17(24)21-10-16(12-3-8-27-11-12)23-4-6-26-7-5-23/h1-3,8-9,11,16H,4-7,10H2,(H,21,24)(H,22,25). The summed E-state index contributed by atoms with van der Waals surface area (Å²) in [6, 6.07) is 4.60. The first-order valence-electron chi connectivity index (χ1n) is 8.42. The number of hydrogen-bond donors (Lipinski definition) is 2. The molecule has 1 aliphatic heterocycles. The van der Waals surface area contributed by atoms with Gasteiger partial charge >= 0.3 is 11.8 Å². The Bertz CT molecular complexity index is 795. The van der Waals surface area contributed by atoms with Crippen molar-refractivity contribution in [1.82, 2.24) is 10.2 Å². The van der Waals surface area contributed by atoms with E-state index in [9.17, 15) is 18.4 Å². The average molecular weight is 395 g/mol. The molecule has 2 heterocycles. The molecule has 2 amide bonds. The van der Waals surface area contributed by atoms with Crippen molar-refractivity contribution in [3.63, 3.8) is 0 Å². The fourth-order valence-electron chi connectivity index (χ4n) is 2.85. The minimum absolute atomic E-state index is 0.0838. The molecule has 1 fully saturated rings. The Balaban J connectivity index is 1.60. The van der Waals surface area contributed by atoms with Crippen LogP contribution >= 0.6 is 11.3 Å². The van der Waals surface area contributed by atoms with Crippen molar-refractivity contribution >= 4 is 28.8 Å². The molecule has 2 N–H and O–H groups in total. The molecular weight excluding hydrogens is 376 g/mol. The zero-order valence-electron chi connectivity index (χ0n) is 14.4. The maximum absolute atomic E-state index is 13.6. The van der Waals surface area contributed by atoms with E-state index in [1.54, 1.807) is 11.3 Å². The molecule has 0 radical (unpaired) electrons. The Labute approximate surface area is 159 Å². The monoisotopic (exact) mass is 395 g/mol. The van der Waals surface area contributed by atoms with Gasteiger partial charge in [-0.3, -0.25) is 14.5 Å². The van der Waals surface area contributed by atoms with Gasteiger partial charge in [-0.15, -0.1) is 0 Å². The molecule has 0 saturated carbocycles. The zero-order chi connectivity index (χ0) is 19.2. The van der Waals surface area contributed by atoms with Crippen molar-refractivity contribution in [2.24, 2.45) is 0 Å². The van der Waals surface area contributed by atoms with Crippen LogP contribution in [0.4, 0.5) is 14.5 Å². The second-order valence-electron chi connectivity index (χ2n) is 6.01. The maximum atomic E-state index is 13.6. The third-order valence-electron chi connectivity index (χ3n) is 4.26. The Hall–Kier alpha value is -2.36. The van der Waals surface area contributed by atoms with Gasteiger partial charge in [-0.05, 0) is 34.5 Å². The Morgan fingerprint density at radius 2 is 1.96 bits per heavy atom. The van der Waals surface area contributed by atoms with Gasteiger partial charge in [-0.25, -0.2) is 8.78 Å². The molecule has 1 aromatic carbocycles. The van der Waals surface area contributed by atoms with Gasteiger partial charge in [-0.1, -0.05) is 0 Å². The fourth-order valence-corrected chi connectivity index (χ4v) is 3.56. The van der Waals surface area contributed by atoms with Crippen LogP contribution in [-0.4, -0.2) is 49.6 Å². The first kappa shape index (κ1) is 19.4. The smallest absolute Gasteiger partial charge is 0.313 e. The highest BCUT2D eigenvalue weighted by Gasteiger charge is 2.25. The minimum Gasteiger partial charge on any atom is -0.379 e. The summed E-state index contributed by atoms with van der Waals surface area (Å²) in [6.07, 6.45) is 0. The van der Waals surface area contributed by atoms with E-state index in [4.69, 9.17) is 4.74 Å². The number of morpholine rings is 1. The SMILES string of the molecule is O=C(NCC(c1ccsc1)N1CCOCC1)C(=O)Nc1ccc(F)cc1F. The number of ether oxygens (including phenoxy) is 1. The molecular formula is C18H19F2N3O3S. The highest BCUT2D eigenvalue weighted by Crippen LogP contribution is 2.23. The minimum atomic E-state index is -1.01. The number of carbonyl (C=O) groups excluding carboxylic acids is 2. The van der Waals surface area contributed by atoms with Crippen LogP contribution in [0.3, 0.4) is 0 Å². The van der Waals surface area contributed by atoms with Gasteiger partial charge in [0.1, 0.15) is 11.6 Å². The summed E-state index contributed by atoms with van der Waals surface area (Å²) in [5.41, 5.74) is 0.798. The number of nitrogens with one attached hydrogen (secondary N) is 2. The molecule has 3 rings (SSSR count). The number of hydrogen-bond acceptors (Lipinski definition) is 5. The fraction of sp³-hybridized carbons (Fsp3) is 0.333. The number of thiophene rings is 1. The highest BCUT2D eigenvalue weighted by atomic mass is 32.1.